The number of aromatic carboxylic acids is 1. The van der Waals surface area contributed by atoms with Gasteiger partial charge in [-0.1, -0.05) is 6.07 Å². The molecule has 0 bridgehead atoms. The molecule has 0 spiro atoms. The Morgan fingerprint density at radius 1 is 1.10 bits per heavy atom. The highest BCUT2D eigenvalue weighted by Gasteiger charge is 2.10. The molecule has 7 nitrogen and oxygen atoms in total. The van der Waals surface area contributed by atoms with E-state index in [1.54, 1.807) is 0 Å². The van der Waals surface area contributed by atoms with Crippen LogP contribution in [0.15, 0.2) is 42.6 Å². The Bertz CT molecular complexity index is 728. The maximum Gasteiger partial charge on any atom is 0.354 e. The lowest BCUT2D eigenvalue weighted by atomic mass is 10.1. The minimum absolute atomic E-state index is 0.182. The van der Waals surface area contributed by atoms with Gasteiger partial charge in [-0.05, 0) is 30.3 Å². The zero-order valence-electron chi connectivity index (χ0n) is 10.7. The summed E-state index contributed by atoms with van der Waals surface area (Å²) < 4.78 is 0. The smallest absolute Gasteiger partial charge is 0.354 e. The molecule has 4 N–H and O–H groups in total. The van der Waals surface area contributed by atoms with Crippen LogP contribution in [0, 0.1) is 0 Å². The van der Waals surface area contributed by atoms with E-state index in [2.05, 4.69) is 10.3 Å². The molecule has 106 valence electrons. The van der Waals surface area contributed by atoms with E-state index in [9.17, 15) is 14.4 Å². The van der Waals surface area contributed by atoms with Crippen LogP contribution in [0.4, 0.5) is 5.69 Å². The summed E-state index contributed by atoms with van der Waals surface area (Å²) in [7, 11) is 0. The molecule has 0 aliphatic heterocycles. The van der Waals surface area contributed by atoms with Crippen molar-refractivity contribution in [3.8, 4) is 0 Å². The van der Waals surface area contributed by atoms with Gasteiger partial charge in [0.1, 0.15) is 5.69 Å². The number of primary amides is 1. The molecule has 21 heavy (non-hydrogen) atoms. The molecule has 0 aliphatic carbocycles. The lowest BCUT2D eigenvalue weighted by Crippen LogP contribution is -2.15. The van der Waals surface area contributed by atoms with Gasteiger partial charge >= 0.3 is 5.97 Å². The largest absolute Gasteiger partial charge is 0.477 e. The minimum atomic E-state index is -1.19. The third-order valence-electron chi connectivity index (χ3n) is 2.65. The number of benzene rings is 1. The van der Waals surface area contributed by atoms with Gasteiger partial charge in [0.15, 0.2) is 0 Å². The highest BCUT2D eigenvalue weighted by molar-refractivity contribution is 6.06. The molecule has 0 unspecified atom stereocenters. The third-order valence-corrected chi connectivity index (χ3v) is 2.65. The van der Waals surface area contributed by atoms with Gasteiger partial charge in [-0.15, -0.1) is 0 Å². The van der Waals surface area contributed by atoms with Crippen LogP contribution in [0.25, 0.3) is 0 Å². The van der Waals surface area contributed by atoms with E-state index in [-0.39, 0.29) is 22.5 Å². The summed E-state index contributed by atoms with van der Waals surface area (Å²) in [5.41, 5.74) is 5.70. The number of rotatable bonds is 4. The van der Waals surface area contributed by atoms with Crippen molar-refractivity contribution in [1.82, 2.24) is 4.98 Å². The van der Waals surface area contributed by atoms with Gasteiger partial charge < -0.3 is 16.2 Å². The van der Waals surface area contributed by atoms with Gasteiger partial charge in [0, 0.05) is 23.0 Å². The van der Waals surface area contributed by atoms with Gasteiger partial charge in [0.05, 0.1) is 0 Å². The molecule has 0 fully saturated rings. The van der Waals surface area contributed by atoms with Crippen molar-refractivity contribution in [2.75, 3.05) is 5.32 Å². The number of hydrogen-bond donors (Lipinski definition) is 3. The van der Waals surface area contributed by atoms with Crippen LogP contribution < -0.4 is 11.1 Å². The van der Waals surface area contributed by atoms with Gasteiger partial charge in [-0.25, -0.2) is 9.78 Å². The Morgan fingerprint density at radius 3 is 2.48 bits per heavy atom. The van der Waals surface area contributed by atoms with Gasteiger partial charge in [-0.2, -0.15) is 0 Å². The van der Waals surface area contributed by atoms with Crippen molar-refractivity contribution in [2.45, 2.75) is 0 Å². The second-order valence-corrected chi connectivity index (χ2v) is 4.13. The van der Waals surface area contributed by atoms with Crippen LogP contribution in [0.1, 0.15) is 31.2 Å². The van der Waals surface area contributed by atoms with Crippen LogP contribution in [-0.4, -0.2) is 27.9 Å². The molecular weight excluding hydrogens is 274 g/mol. The van der Waals surface area contributed by atoms with Crippen molar-refractivity contribution in [3.63, 3.8) is 0 Å². The van der Waals surface area contributed by atoms with E-state index in [1.807, 2.05) is 0 Å². The Morgan fingerprint density at radius 2 is 1.81 bits per heavy atom. The normalized spacial score (nSPS) is 9.90. The maximum absolute atomic E-state index is 12.0. The minimum Gasteiger partial charge on any atom is -0.477 e. The summed E-state index contributed by atoms with van der Waals surface area (Å²) in [6.07, 6.45) is 1.28. The Kier molecular flexibility index (Phi) is 3.94. The summed E-state index contributed by atoms with van der Waals surface area (Å²) in [6.45, 7) is 0. The molecular formula is C14H11N3O4. The number of amides is 2. The molecule has 2 amide bonds. The fourth-order valence-corrected chi connectivity index (χ4v) is 1.64. The number of anilines is 1. The first kappa shape index (κ1) is 14.2. The number of carbonyl (C=O) groups is 3. The number of carboxylic acid groups (broad SMARTS) is 1. The number of aromatic nitrogens is 1. The zero-order valence-corrected chi connectivity index (χ0v) is 10.7. The van der Waals surface area contributed by atoms with Crippen molar-refractivity contribution in [3.05, 3.63) is 59.4 Å². The number of carbonyl (C=O) groups excluding carboxylic acids is 2. The van der Waals surface area contributed by atoms with E-state index >= 15 is 0 Å². The molecule has 0 saturated heterocycles. The van der Waals surface area contributed by atoms with E-state index < -0.39 is 17.8 Å². The number of nitrogens with one attached hydrogen (secondary N) is 1. The summed E-state index contributed by atoms with van der Waals surface area (Å²) in [4.78, 5) is 37.6. The van der Waals surface area contributed by atoms with Crippen LogP contribution >= 0.6 is 0 Å². The highest BCUT2D eigenvalue weighted by Crippen LogP contribution is 2.11. The second kappa shape index (κ2) is 5.83. The summed E-state index contributed by atoms with van der Waals surface area (Å²) in [6, 6.07) is 8.59. The molecule has 1 aromatic carbocycles. The van der Waals surface area contributed by atoms with Crippen molar-refractivity contribution >= 4 is 23.5 Å². The lowest BCUT2D eigenvalue weighted by Gasteiger charge is -2.06. The SMILES string of the molecule is NC(=O)c1cccc(C(=O)Nc2ccnc(C(=O)O)c2)c1. The molecule has 1 heterocycles. The van der Waals surface area contributed by atoms with Crippen LogP contribution in [0.5, 0.6) is 0 Å². The molecule has 0 atom stereocenters. The second-order valence-electron chi connectivity index (χ2n) is 4.13. The Hall–Kier alpha value is -3.22. The maximum atomic E-state index is 12.0. The Labute approximate surface area is 119 Å². The number of nitrogens with zero attached hydrogens (tertiary/aromatic N) is 1. The molecule has 1 aromatic heterocycles. The van der Waals surface area contributed by atoms with Crippen LogP contribution in [0.3, 0.4) is 0 Å². The lowest BCUT2D eigenvalue weighted by molar-refractivity contribution is 0.0690. The number of carboxylic acids is 1. The van der Waals surface area contributed by atoms with E-state index in [0.717, 1.165) is 0 Å². The molecule has 2 rings (SSSR count). The topological polar surface area (TPSA) is 122 Å². The van der Waals surface area contributed by atoms with Crippen molar-refractivity contribution < 1.29 is 19.5 Å². The average Bonchev–Trinajstić information content (AvgIpc) is 2.47. The predicted octanol–water partition coefficient (Wildman–Crippen LogP) is 1.13. The van der Waals surface area contributed by atoms with Crippen molar-refractivity contribution in [1.29, 1.82) is 0 Å². The monoisotopic (exact) mass is 285 g/mol. The molecule has 2 aromatic rings. The van der Waals surface area contributed by atoms with Gasteiger partial charge in [-0.3, -0.25) is 9.59 Å². The number of hydrogen-bond acceptors (Lipinski definition) is 4. The van der Waals surface area contributed by atoms with Gasteiger partial charge in [0.2, 0.25) is 5.91 Å². The quantitative estimate of drug-likeness (QED) is 0.777. The third kappa shape index (κ3) is 3.41. The predicted molar refractivity (Wildman–Crippen MR) is 74.1 cm³/mol. The summed E-state index contributed by atoms with van der Waals surface area (Å²) >= 11 is 0. The van der Waals surface area contributed by atoms with Gasteiger partial charge in [0.25, 0.3) is 5.91 Å². The Balaban J connectivity index is 2.22. The standard InChI is InChI=1S/C14H11N3O4/c15-12(18)8-2-1-3-9(6-8)13(19)17-10-4-5-16-11(7-10)14(20)21/h1-7H,(H2,15,18)(H,20,21)(H,16,17,19). The average molecular weight is 285 g/mol. The fourth-order valence-electron chi connectivity index (χ4n) is 1.64. The number of nitrogens with two attached hydrogens (primary N) is 1. The first-order valence-electron chi connectivity index (χ1n) is 5.88. The van der Waals surface area contributed by atoms with E-state index in [0.29, 0.717) is 0 Å². The summed E-state index contributed by atoms with van der Waals surface area (Å²) in [5, 5.41) is 11.4. The first-order valence-corrected chi connectivity index (χ1v) is 5.88. The fraction of sp³-hybridized carbons (Fsp3) is 0. The van der Waals surface area contributed by atoms with Crippen molar-refractivity contribution in [2.24, 2.45) is 5.73 Å². The first-order chi connectivity index (χ1) is 9.97. The summed E-state index contributed by atoms with van der Waals surface area (Å²) in [5.74, 6) is -2.32. The molecule has 0 radical (unpaired) electrons. The van der Waals surface area contributed by atoms with E-state index in [4.69, 9.17) is 10.8 Å². The number of pyridine rings is 1. The zero-order chi connectivity index (χ0) is 15.4. The molecule has 7 heteroatoms. The highest BCUT2D eigenvalue weighted by atomic mass is 16.4. The molecule has 0 saturated carbocycles. The molecule has 0 aliphatic rings. The van der Waals surface area contributed by atoms with Crippen LogP contribution in [-0.2, 0) is 0 Å². The van der Waals surface area contributed by atoms with Crippen LogP contribution in [0.2, 0.25) is 0 Å². The van der Waals surface area contributed by atoms with E-state index in [1.165, 1.54) is 42.6 Å².